The molecule has 0 radical (unpaired) electrons. The maximum atomic E-state index is 11.2. The third kappa shape index (κ3) is 2.26. The van der Waals surface area contributed by atoms with Crippen LogP contribution in [0.5, 0.6) is 0 Å². The van der Waals surface area contributed by atoms with Gasteiger partial charge in [-0.2, -0.15) is 0 Å². The van der Waals surface area contributed by atoms with Crippen LogP contribution in [0.25, 0.3) is 0 Å². The molecule has 4 heteroatoms. The van der Waals surface area contributed by atoms with Crippen molar-refractivity contribution in [3.63, 3.8) is 0 Å². The maximum absolute atomic E-state index is 11.2. The number of nitrogens with zero attached hydrogens (tertiary/aromatic N) is 3. The van der Waals surface area contributed by atoms with Gasteiger partial charge in [0.05, 0.1) is 1.37 Å². The molecule has 1 aliphatic heterocycles. The highest BCUT2D eigenvalue weighted by molar-refractivity contribution is 5.73. The third-order valence-electron chi connectivity index (χ3n) is 2.65. The number of aromatic nitrogens is 1. The largest absolute Gasteiger partial charge is 0.353 e. The van der Waals surface area contributed by atoms with Crippen LogP contribution in [0.3, 0.4) is 0 Å². The summed E-state index contributed by atoms with van der Waals surface area (Å²) in [5, 5.41) is 0. The Labute approximate surface area is 90.9 Å². The molecule has 1 aliphatic rings. The van der Waals surface area contributed by atoms with Crippen LogP contribution in [-0.2, 0) is 4.79 Å². The van der Waals surface area contributed by atoms with Crippen LogP contribution in [0.1, 0.15) is 8.29 Å². The zero-order valence-electron chi connectivity index (χ0n) is 9.81. The molecule has 0 saturated carbocycles. The molecule has 2 heterocycles. The van der Waals surface area contributed by atoms with Crippen LogP contribution in [0.2, 0.25) is 0 Å². The molecule has 0 bridgehead atoms. The molecule has 1 amide bonds. The Morgan fingerprint density at radius 2 is 2.20 bits per heavy atom. The number of carbonyl (C=O) groups excluding carboxylic acids is 1. The summed E-state index contributed by atoms with van der Waals surface area (Å²) >= 11 is 0. The van der Waals surface area contributed by atoms with E-state index in [-0.39, 0.29) is 5.91 Å². The monoisotopic (exact) mass is 206 g/mol. The molecule has 0 aliphatic carbocycles. The SMILES string of the molecule is [2H]c1ccc(N2CCN(C(C)=O)CC2)nc1. The van der Waals surface area contributed by atoms with Gasteiger partial charge < -0.3 is 9.80 Å². The third-order valence-corrected chi connectivity index (χ3v) is 2.65. The lowest BCUT2D eigenvalue weighted by atomic mass is 10.3. The van der Waals surface area contributed by atoms with Gasteiger partial charge in [-0.1, -0.05) is 6.07 Å². The summed E-state index contributed by atoms with van der Waals surface area (Å²) < 4.78 is 7.36. The molecule has 0 N–H and O–H groups in total. The zero-order chi connectivity index (χ0) is 11.5. The second kappa shape index (κ2) is 4.29. The molecule has 15 heavy (non-hydrogen) atoms. The Balaban J connectivity index is 1.99. The first-order valence-corrected chi connectivity index (χ1v) is 5.10. The topological polar surface area (TPSA) is 36.4 Å². The minimum atomic E-state index is 0.133. The molecule has 1 aromatic heterocycles. The molecule has 1 aromatic rings. The normalized spacial score (nSPS) is 17.5. The Hall–Kier alpha value is -1.58. The van der Waals surface area contributed by atoms with E-state index in [1.165, 1.54) is 0 Å². The first-order chi connectivity index (χ1) is 7.66. The van der Waals surface area contributed by atoms with Gasteiger partial charge in [0.25, 0.3) is 0 Å². The number of amides is 1. The van der Waals surface area contributed by atoms with E-state index in [1.54, 1.807) is 19.2 Å². The molecule has 0 atom stereocenters. The van der Waals surface area contributed by atoms with Gasteiger partial charge in [-0.05, 0) is 12.1 Å². The minimum absolute atomic E-state index is 0.133. The molecule has 4 nitrogen and oxygen atoms in total. The van der Waals surface area contributed by atoms with Crippen LogP contribution in [0, 0.1) is 0 Å². The molecule has 0 spiro atoms. The number of rotatable bonds is 1. The summed E-state index contributed by atoms with van der Waals surface area (Å²) in [7, 11) is 0. The van der Waals surface area contributed by atoms with E-state index in [2.05, 4.69) is 9.88 Å². The number of hydrogen-bond donors (Lipinski definition) is 0. The van der Waals surface area contributed by atoms with Crippen LogP contribution < -0.4 is 4.90 Å². The second-order valence-corrected chi connectivity index (χ2v) is 3.61. The number of pyridine rings is 1. The second-order valence-electron chi connectivity index (χ2n) is 3.61. The van der Waals surface area contributed by atoms with Gasteiger partial charge in [-0.3, -0.25) is 4.79 Å². The number of piperazine rings is 1. The van der Waals surface area contributed by atoms with Crippen molar-refractivity contribution >= 4 is 11.7 Å². The highest BCUT2D eigenvalue weighted by atomic mass is 16.2. The lowest BCUT2D eigenvalue weighted by Crippen LogP contribution is -2.48. The van der Waals surface area contributed by atoms with E-state index in [4.69, 9.17) is 1.37 Å². The van der Waals surface area contributed by atoms with Gasteiger partial charge in [0.1, 0.15) is 5.82 Å². The van der Waals surface area contributed by atoms with Crippen molar-refractivity contribution < 1.29 is 6.17 Å². The molecule has 0 aromatic carbocycles. The van der Waals surface area contributed by atoms with E-state index < -0.39 is 0 Å². The zero-order valence-corrected chi connectivity index (χ0v) is 8.81. The Morgan fingerprint density at radius 1 is 1.47 bits per heavy atom. The summed E-state index contributed by atoms with van der Waals surface area (Å²) in [5.74, 6) is 1.02. The quantitative estimate of drug-likeness (QED) is 0.680. The molecule has 1 fully saturated rings. The highest BCUT2D eigenvalue weighted by Gasteiger charge is 2.18. The fraction of sp³-hybridized carbons (Fsp3) is 0.455. The van der Waals surface area contributed by atoms with Gasteiger partial charge >= 0.3 is 0 Å². The van der Waals surface area contributed by atoms with Gasteiger partial charge in [0.2, 0.25) is 5.91 Å². The molecule has 0 unspecified atom stereocenters. The van der Waals surface area contributed by atoms with Crippen LogP contribution >= 0.6 is 0 Å². The van der Waals surface area contributed by atoms with Crippen molar-refractivity contribution in [3.05, 3.63) is 24.4 Å². The minimum Gasteiger partial charge on any atom is -0.353 e. The summed E-state index contributed by atoms with van der Waals surface area (Å²) in [6, 6.07) is 4.01. The number of anilines is 1. The smallest absolute Gasteiger partial charge is 0.219 e. The molecule has 2 rings (SSSR count). The van der Waals surface area contributed by atoms with Crippen LogP contribution in [0.15, 0.2) is 24.4 Å². The fourth-order valence-corrected chi connectivity index (χ4v) is 1.75. The number of carbonyl (C=O) groups is 1. The molecular weight excluding hydrogens is 190 g/mol. The van der Waals surface area contributed by atoms with Crippen molar-refractivity contribution in [1.29, 1.82) is 0 Å². The molecule has 80 valence electrons. The summed E-state index contributed by atoms with van der Waals surface area (Å²) in [6.45, 7) is 4.72. The lowest BCUT2D eigenvalue weighted by Gasteiger charge is -2.34. The summed E-state index contributed by atoms with van der Waals surface area (Å²) in [6.07, 6.45) is 1.55. The van der Waals surface area contributed by atoms with E-state index in [0.717, 1.165) is 32.0 Å². The Kier molecular flexibility index (Phi) is 2.49. The van der Waals surface area contributed by atoms with E-state index in [0.29, 0.717) is 6.04 Å². The Bertz CT molecular complexity index is 371. The lowest BCUT2D eigenvalue weighted by molar-refractivity contribution is -0.129. The van der Waals surface area contributed by atoms with Crippen molar-refractivity contribution in [2.24, 2.45) is 0 Å². The fourth-order valence-electron chi connectivity index (χ4n) is 1.75. The number of hydrogen-bond acceptors (Lipinski definition) is 3. The van der Waals surface area contributed by atoms with Gasteiger partial charge in [-0.15, -0.1) is 0 Å². The highest BCUT2D eigenvalue weighted by Crippen LogP contribution is 2.12. The van der Waals surface area contributed by atoms with Crippen molar-refractivity contribution in [1.82, 2.24) is 9.88 Å². The van der Waals surface area contributed by atoms with Crippen LogP contribution in [-0.4, -0.2) is 42.0 Å². The predicted molar refractivity (Wildman–Crippen MR) is 58.7 cm³/mol. The Morgan fingerprint density at radius 3 is 2.73 bits per heavy atom. The van der Waals surface area contributed by atoms with Crippen molar-refractivity contribution in [3.8, 4) is 0 Å². The van der Waals surface area contributed by atoms with Gasteiger partial charge in [-0.25, -0.2) is 4.98 Å². The van der Waals surface area contributed by atoms with Crippen molar-refractivity contribution in [2.45, 2.75) is 6.92 Å². The summed E-state index contributed by atoms with van der Waals surface area (Å²) in [5.41, 5.74) is 0. The first-order valence-electron chi connectivity index (χ1n) is 5.60. The van der Waals surface area contributed by atoms with Gasteiger partial charge in [0, 0.05) is 39.3 Å². The predicted octanol–water partition coefficient (Wildman–Crippen LogP) is 0.750. The molecule has 1 saturated heterocycles. The summed E-state index contributed by atoms with van der Waals surface area (Å²) in [4.78, 5) is 19.3. The maximum Gasteiger partial charge on any atom is 0.219 e. The van der Waals surface area contributed by atoms with E-state index >= 15 is 0 Å². The van der Waals surface area contributed by atoms with E-state index in [9.17, 15) is 4.79 Å². The van der Waals surface area contributed by atoms with Crippen LogP contribution in [0.4, 0.5) is 5.82 Å². The first kappa shape index (κ1) is 8.71. The van der Waals surface area contributed by atoms with E-state index in [1.807, 2.05) is 11.0 Å². The average molecular weight is 206 g/mol. The van der Waals surface area contributed by atoms with Gasteiger partial charge in [0.15, 0.2) is 0 Å². The average Bonchev–Trinajstić information content (AvgIpc) is 2.30. The molecular formula is C11H15N3O. The standard InChI is InChI=1S/C11H15N3O/c1-10(15)13-6-8-14(9-7-13)11-4-2-3-5-12-11/h2-5H,6-9H2,1H3/i3D. The van der Waals surface area contributed by atoms with Crippen molar-refractivity contribution in [2.75, 3.05) is 31.1 Å².